The van der Waals surface area contributed by atoms with Crippen molar-refractivity contribution < 1.29 is 19.4 Å². The molecule has 0 aliphatic carbocycles. The molecule has 8 heteroatoms. The molecule has 2 aromatic carbocycles. The van der Waals surface area contributed by atoms with Gasteiger partial charge >= 0.3 is 0 Å². The summed E-state index contributed by atoms with van der Waals surface area (Å²) in [6.45, 7) is 4.94. The number of hydrogen-bond acceptors (Lipinski definition) is 6. The third-order valence-corrected chi connectivity index (χ3v) is 5.98. The molecule has 0 bridgehead atoms. The zero-order valence-electron chi connectivity index (χ0n) is 18.4. The third kappa shape index (κ3) is 5.92. The Morgan fingerprint density at radius 3 is 2.72 bits per heavy atom. The number of methoxy groups -OCH3 is 1. The van der Waals surface area contributed by atoms with Crippen LogP contribution < -0.4 is 9.64 Å². The Labute approximate surface area is 197 Å². The van der Waals surface area contributed by atoms with Crippen LogP contribution in [-0.4, -0.2) is 49.2 Å². The summed E-state index contributed by atoms with van der Waals surface area (Å²) >= 11 is 7.72. The summed E-state index contributed by atoms with van der Waals surface area (Å²) in [7, 11) is 1.51. The van der Waals surface area contributed by atoms with Gasteiger partial charge in [-0.15, -0.1) is 0 Å². The van der Waals surface area contributed by atoms with E-state index < -0.39 is 6.10 Å². The summed E-state index contributed by atoms with van der Waals surface area (Å²) < 4.78 is 10.5. The highest BCUT2D eigenvalue weighted by molar-refractivity contribution is 8.19. The number of hydrogen-bond donors (Lipinski definition) is 1. The number of halogens is 1. The molecular formula is C24H27ClN2O4S. The number of aliphatic hydroxyl groups excluding tert-OH is 1. The Morgan fingerprint density at radius 2 is 2.03 bits per heavy atom. The van der Waals surface area contributed by atoms with E-state index in [9.17, 15) is 9.90 Å². The Kier molecular flexibility index (Phi) is 8.75. The average Bonchev–Trinajstić information content (AvgIpc) is 3.07. The van der Waals surface area contributed by atoms with Crippen LogP contribution in [0.2, 0.25) is 5.02 Å². The van der Waals surface area contributed by atoms with Crippen molar-refractivity contribution in [2.75, 3.05) is 31.8 Å². The zero-order valence-corrected chi connectivity index (χ0v) is 19.9. The number of aryl methyl sites for hydroxylation is 1. The summed E-state index contributed by atoms with van der Waals surface area (Å²) in [4.78, 5) is 20.2. The number of para-hydroxylation sites is 1. The van der Waals surface area contributed by atoms with Crippen molar-refractivity contribution in [3.05, 3.63) is 63.5 Å². The summed E-state index contributed by atoms with van der Waals surface area (Å²) in [5, 5.41) is 10.8. The van der Waals surface area contributed by atoms with E-state index in [4.69, 9.17) is 21.1 Å². The van der Waals surface area contributed by atoms with Crippen LogP contribution in [-0.2, 0) is 9.53 Å². The highest BCUT2D eigenvalue weighted by Gasteiger charge is 2.35. The molecule has 170 valence electrons. The predicted molar refractivity (Wildman–Crippen MR) is 132 cm³/mol. The van der Waals surface area contributed by atoms with E-state index in [0.29, 0.717) is 27.4 Å². The van der Waals surface area contributed by atoms with Crippen LogP contribution >= 0.6 is 23.4 Å². The second-order valence-electron chi connectivity index (χ2n) is 7.31. The van der Waals surface area contributed by atoms with Crippen molar-refractivity contribution in [3.8, 4) is 5.75 Å². The lowest BCUT2D eigenvalue weighted by Gasteiger charge is -2.18. The molecule has 1 amide bonds. The maximum atomic E-state index is 13.3. The lowest BCUT2D eigenvalue weighted by atomic mass is 10.1. The molecular weight excluding hydrogens is 448 g/mol. The highest BCUT2D eigenvalue weighted by atomic mass is 35.5. The number of amidine groups is 1. The largest absolute Gasteiger partial charge is 0.489 e. The molecule has 1 aliphatic rings. The van der Waals surface area contributed by atoms with Gasteiger partial charge in [0, 0.05) is 13.7 Å². The number of benzene rings is 2. The smallest absolute Gasteiger partial charge is 0.271 e. The number of amides is 1. The normalized spacial score (nSPS) is 17.4. The minimum absolute atomic E-state index is 0.0744. The van der Waals surface area contributed by atoms with Gasteiger partial charge in [0.05, 0.1) is 22.2 Å². The quantitative estimate of drug-likeness (QED) is 0.522. The molecule has 1 aliphatic heterocycles. The Balaban J connectivity index is 1.84. The number of carbonyl (C=O) groups is 1. The molecule has 0 unspecified atom stereocenters. The van der Waals surface area contributed by atoms with Gasteiger partial charge in [0.2, 0.25) is 0 Å². The standard InChI is InChI=1S/C24H27ClN2O4S/c1-4-11-26-24-27(20-8-6-5-7-16(20)2)23(29)22(32-24)13-17-9-10-21(19(25)12-17)31-15-18(28)14-30-3/h5-10,12-13,18,28H,4,11,14-15H2,1-3H3/b22-13-,26-24?/t18-/m1/s1. The summed E-state index contributed by atoms with van der Waals surface area (Å²) in [6.07, 6.45) is 1.97. The predicted octanol–water partition coefficient (Wildman–Crippen LogP) is 4.92. The molecule has 2 aromatic rings. The third-order valence-electron chi connectivity index (χ3n) is 4.68. The Bertz CT molecular complexity index is 1020. The second kappa shape index (κ2) is 11.5. The molecule has 0 radical (unpaired) electrons. The first-order valence-corrected chi connectivity index (χ1v) is 11.6. The van der Waals surface area contributed by atoms with Crippen LogP contribution in [0.5, 0.6) is 5.75 Å². The van der Waals surface area contributed by atoms with E-state index in [0.717, 1.165) is 23.2 Å². The van der Waals surface area contributed by atoms with E-state index in [2.05, 4.69) is 11.9 Å². The van der Waals surface area contributed by atoms with Gasteiger partial charge < -0.3 is 14.6 Å². The van der Waals surface area contributed by atoms with Gasteiger partial charge in [-0.25, -0.2) is 0 Å². The molecule has 6 nitrogen and oxygen atoms in total. The number of thioether (sulfide) groups is 1. The van der Waals surface area contributed by atoms with E-state index in [1.165, 1.54) is 18.9 Å². The maximum absolute atomic E-state index is 13.3. The number of anilines is 1. The molecule has 1 saturated heterocycles. The molecule has 0 aromatic heterocycles. The maximum Gasteiger partial charge on any atom is 0.271 e. The van der Waals surface area contributed by atoms with Crippen molar-refractivity contribution in [1.29, 1.82) is 0 Å². The zero-order chi connectivity index (χ0) is 23.1. The van der Waals surface area contributed by atoms with Crippen LogP contribution in [0.1, 0.15) is 24.5 Å². The van der Waals surface area contributed by atoms with E-state index in [1.807, 2.05) is 43.3 Å². The summed E-state index contributed by atoms with van der Waals surface area (Å²) in [6, 6.07) is 13.1. The molecule has 1 fully saturated rings. The number of carbonyl (C=O) groups excluding carboxylic acids is 1. The topological polar surface area (TPSA) is 71.4 Å². The molecule has 1 atom stereocenters. The Hall–Kier alpha value is -2.32. The van der Waals surface area contributed by atoms with Crippen LogP contribution in [0.3, 0.4) is 0 Å². The van der Waals surface area contributed by atoms with Gasteiger partial charge in [-0.05, 0) is 60.5 Å². The van der Waals surface area contributed by atoms with Gasteiger partial charge in [0.25, 0.3) is 5.91 Å². The first-order valence-electron chi connectivity index (χ1n) is 10.4. The van der Waals surface area contributed by atoms with Crippen molar-refractivity contribution in [2.24, 2.45) is 4.99 Å². The molecule has 3 rings (SSSR count). The van der Waals surface area contributed by atoms with Crippen LogP contribution in [0.4, 0.5) is 5.69 Å². The number of aliphatic hydroxyl groups is 1. The van der Waals surface area contributed by atoms with Gasteiger partial charge in [-0.2, -0.15) is 0 Å². The van der Waals surface area contributed by atoms with Gasteiger partial charge in [-0.3, -0.25) is 14.7 Å². The number of nitrogens with zero attached hydrogens (tertiary/aromatic N) is 2. The number of aliphatic imine (C=N–C) groups is 1. The van der Waals surface area contributed by atoms with E-state index in [1.54, 1.807) is 17.0 Å². The minimum Gasteiger partial charge on any atom is -0.489 e. The average molecular weight is 475 g/mol. The van der Waals surface area contributed by atoms with Crippen LogP contribution in [0.15, 0.2) is 52.4 Å². The second-order valence-corrected chi connectivity index (χ2v) is 8.73. The summed E-state index contributed by atoms with van der Waals surface area (Å²) in [5.74, 6) is 0.347. The molecule has 0 saturated carbocycles. The number of rotatable bonds is 9. The van der Waals surface area contributed by atoms with Gasteiger partial charge in [0.1, 0.15) is 18.5 Å². The van der Waals surface area contributed by atoms with E-state index >= 15 is 0 Å². The molecule has 1 N–H and O–H groups in total. The van der Waals surface area contributed by atoms with Crippen LogP contribution in [0, 0.1) is 6.92 Å². The summed E-state index contributed by atoms with van der Waals surface area (Å²) in [5.41, 5.74) is 2.61. The molecule has 1 heterocycles. The monoisotopic (exact) mass is 474 g/mol. The van der Waals surface area contributed by atoms with Crippen molar-refractivity contribution in [3.63, 3.8) is 0 Å². The van der Waals surface area contributed by atoms with Crippen molar-refractivity contribution >= 4 is 46.2 Å². The van der Waals surface area contributed by atoms with Gasteiger partial charge in [0.15, 0.2) is 5.17 Å². The van der Waals surface area contributed by atoms with Crippen molar-refractivity contribution in [2.45, 2.75) is 26.4 Å². The van der Waals surface area contributed by atoms with Crippen molar-refractivity contribution in [1.82, 2.24) is 0 Å². The number of ether oxygens (including phenoxy) is 2. The molecule has 32 heavy (non-hydrogen) atoms. The lowest BCUT2D eigenvalue weighted by molar-refractivity contribution is -0.113. The van der Waals surface area contributed by atoms with E-state index in [-0.39, 0.29) is 19.1 Å². The fraction of sp³-hybridized carbons (Fsp3) is 0.333. The Morgan fingerprint density at radius 1 is 1.25 bits per heavy atom. The molecule has 0 spiro atoms. The fourth-order valence-corrected chi connectivity index (χ4v) is 4.36. The highest BCUT2D eigenvalue weighted by Crippen LogP contribution is 2.38. The first kappa shape index (κ1) is 24.3. The van der Waals surface area contributed by atoms with Crippen LogP contribution in [0.25, 0.3) is 6.08 Å². The lowest BCUT2D eigenvalue weighted by Crippen LogP contribution is -2.29. The van der Waals surface area contributed by atoms with Gasteiger partial charge in [-0.1, -0.05) is 42.8 Å². The minimum atomic E-state index is -0.737. The fourth-order valence-electron chi connectivity index (χ4n) is 3.11. The SMILES string of the molecule is CCCN=C1S/C(=C\c2ccc(OC[C@H](O)COC)c(Cl)c2)C(=O)N1c1ccccc1C. The first-order chi connectivity index (χ1) is 15.4.